The lowest BCUT2D eigenvalue weighted by atomic mass is 10.2. The summed E-state index contributed by atoms with van der Waals surface area (Å²) in [5, 5.41) is 21.3. The molecule has 0 bridgehead atoms. The van der Waals surface area contributed by atoms with Gasteiger partial charge in [-0.1, -0.05) is 18.2 Å². The van der Waals surface area contributed by atoms with Gasteiger partial charge in [0.2, 0.25) is 0 Å². The Balaban J connectivity index is 2.03. The molecule has 8 heteroatoms. The number of carbonyl (C=O) groups excluding carboxylic acids is 2. The number of fused-ring (bicyclic) bond motifs is 1. The molecule has 2 aromatic rings. The molecule has 0 aliphatic carbocycles. The second-order valence-electron chi connectivity index (χ2n) is 4.25. The van der Waals surface area contributed by atoms with Crippen LogP contribution in [0.5, 0.6) is 0 Å². The molecule has 1 heterocycles. The summed E-state index contributed by atoms with van der Waals surface area (Å²) < 4.78 is 0. The Morgan fingerprint density at radius 2 is 2.20 bits per heavy atom. The van der Waals surface area contributed by atoms with E-state index in [1.165, 1.54) is 12.1 Å². The molecule has 0 radical (unpaired) electrons. The predicted molar refractivity (Wildman–Crippen MR) is 70.5 cm³/mol. The van der Waals surface area contributed by atoms with Gasteiger partial charge >= 0.3 is 6.03 Å². The van der Waals surface area contributed by atoms with Crippen LogP contribution >= 0.6 is 0 Å². The third-order valence-corrected chi connectivity index (χ3v) is 2.73. The van der Waals surface area contributed by atoms with E-state index in [9.17, 15) is 14.8 Å². The zero-order valence-electron chi connectivity index (χ0n) is 11.0. The van der Waals surface area contributed by atoms with E-state index in [1.54, 1.807) is 6.07 Å². The maximum atomic E-state index is 11.9. The number of aromatic nitrogens is 3. The second kappa shape index (κ2) is 6.00. The number of amides is 3. The van der Waals surface area contributed by atoms with Crippen molar-refractivity contribution in [2.75, 3.05) is 6.54 Å². The van der Waals surface area contributed by atoms with Crippen molar-refractivity contribution >= 4 is 23.0 Å². The highest BCUT2D eigenvalue weighted by atomic mass is 16.5. The van der Waals surface area contributed by atoms with Gasteiger partial charge in [-0.15, -0.1) is 5.10 Å². The Hall–Kier alpha value is -2.64. The first-order chi connectivity index (χ1) is 9.61. The van der Waals surface area contributed by atoms with E-state index in [2.05, 4.69) is 20.9 Å². The first-order valence-electron chi connectivity index (χ1n) is 6.25. The van der Waals surface area contributed by atoms with Gasteiger partial charge in [0.05, 0.1) is 0 Å². The summed E-state index contributed by atoms with van der Waals surface area (Å²) in [6.45, 7) is 2.52. The zero-order valence-corrected chi connectivity index (χ0v) is 11.0. The third kappa shape index (κ3) is 3.02. The molecule has 1 aromatic heterocycles. The van der Waals surface area contributed by atoms with Crippen LogP contribution in [0.1, 0.15) is 30.1 Å². The molecule has 0 saturated carbocycles. The van der Waals surface area contributed by atoms with Gasteiger partial charge in [-0.25, -0.2) is 4.79 Å². The number of urea groups is 1. The van der Waals surface area contributed by atoms with Gasteiger partial charge in [-0.05, 0) is 29.8 Å². The van der Waals surface area contributed by atoms with Crippen LogP contribution in [0.4, 0.5) is 4.79 Å². The molecule has 20 heavy (non-hydrogen) atoms. The topological polar surface area (TPSA) is 109 Å². The molecule has 3 amide bonds. The molecule has 0 aliphatic heterocycles. The minimum atomic E-state index is -0.554. The summed E-state index contributed by atoms with van der Waals surface area (Å²) in [5.41, 5.74) is 0.987. The summed E-state index contributed by atoms with van der Waals surface area (Å²) >= 11 is 0. The van der Waals surface area contributed by atoms with E-state index < -0.39 is 11.9 Å². The fourth-order valence-electron chi connectivity index (χ4n) is 1.65. The minimum absolute atomic E-state index is 0.237. The predicted octanol–water partition coefficient (Wildman–Crippen LogP) is 0.908. The van der Waals surface area contributed by atoms with Crippen molar-refractivity contribution in [3.8, 4) is 0 Å². The average Bonchev–Trinajstić information content (AvgIpc) is 2.80. The summed E-state index contributed by atoms with van der Waals surface area (Å²) in [7, 11) is 0. The molecule has 0 saturated heterocycles. The number of carbonyl (C=O) groups is 2. The standard InChI is InChI=1S/C12H15N5O3/c1-2-3-6-13-12(19)14-11(18)8-4-5-9-10(7-8)17(20)16-15-9/h4-5,7,20H,2-3,6H2,1H3,(H2,13,14,18,19). The fourth-order valence-corrected chi connectivity index (χ4v) is 1.65. The maximum Gasteiger partial charge on any atom is 0.321 e. The molecule has 3 N–H and O–H groups in total. The SMILES string of the molecule is CCCCNC(=O)NC(=O)c1ccc2nnn(O)c2c1. The van der Waals surface area contributed by atoms with Gasteiger partial charge in [-0.2, -0.15) is 0 Å². The van der Waals surface area contributed by atoms with E-state index in [0.29, 0.717) is 22.4 Å². The molecular formula is C12H15N5O3. The van der Waals surface area contributed by atoms with E-state index in [1.807, 2.05) is 6.92 Å². The van der Waals surface area contributed by atoms with Gasteiger partial charge in [0, 0.05) is 12.1 Å². The molecular weight excluding hydrogens is 262 g/mol. The van der Waals surface area contributed by atoms with Crippen molar-refractivity contribution in [2.45, 2.75) is 19.8 Å². The Labute approximate surface area is 114 Å². The largest absolute Gasteiger partial charge is 0.410 e. The van der Waals surface area contributed by atoms with Crippen LogP contribution in [0.2, 0.25) is 0 Å². The summed E-state index contributed by atoms with van der Waals surface area (Å²) in [4.78, 5) is 23.9. The van der Waals surface area contributed by atoms with Crippen LogP contribution in [-0.2, 0) is 0 Å². The second-order valence-corrected chi connectivity index (χ2v) is 4.25. The highest BCUT2D eigenvalue weighted by molar-refractivity contribution is 6.05. The van der Waals surface area contributed by atoms with E-state index in [0.717, 1.165) is 12.8 Å². The normalized spacial score (nSPS) is 10.4. The van der Waals surface area contributed by atoms with Crippen molar-refractivity contribution in [1.29, 1.82) is 0 Å². The van der Waals surface area contributed by atoms with Gasteiger partial charge in [0.1, 0.15) is 11.0 Å². The molecule has 0 aliphatic rings. The highest BCUT2D eigenvalue weighted by Crippen LogP contribution is 2.12. The minimum Gasteiger partial charge on any atom is -0.410 e. The van der Waals surface area contributed by atoms with E-state index >= 15 is 0 Å². The molecule has 0 unspecified atom stereocenters. The van der Waals surface area contributed by atoms with Crippen LogP contribution in [-0.4, -0.2) is 38.8 Å². The van der Waals surface area contributed by atoms with Crippen molar-refractivity contribution in [1.82, 2.24) is 25.8 Å². The summed E-state index contributed by atoms with van der Waals surface area (Å²) in [5.74, 6) is -0.554. The molecule has 0 spiro atoms. The van der Waals surface area contributed by atoms with Crippen LogP contribution in [0.15, 0.2) is 18.2 Å². The Morgan fingerprint density at radius 1 is 1.40 bits per heavy atom. The lowest BCUT2D eigenvalue weighted by Crippen LogP contribution is -2.39. The Kier molecular flexibility index (Phi) is 4.14. The van der Waals surface area contributed by atoms with Crippen LogP contribution in [0, 0.1) is 0 Å². The molecule has 106 valence electrons. The number of benzene rings is 1. The first kappa shape index (κ1) is 13.8. The van der Waals surface area contributed by atoms with Crippen molar-refractivity contribution in [3.63, 3.8) is 0 Å². The van der Waals surface area contributed by atoms with Gasteiger partial charge in [-0.3, -0.25) is 10.1 Å². The number of unbranched alkanes of at least 4 members (excludes halogenated alkanes) is 1. The number of nitrogens with zero attached hydrogens (tertiary/aromatic N) is 3. The lowest BCUT2D eigenvalue weighted by molar-refractivity contribution is 0.0964. The fraction of sp³-hybridized carbons (Fsp3) is 0.333. The van der Waals surface area contributed by atoms with Gasteiger partial charge in [0.25, 0.3) is 5.91 Å². The number of imide groups is 1. The molecule has 0 fully saturated rings. The van der Waals surface area contributed by atoms with Crippen LogP contribution < -0.4 is 10.6 Å². The third-order valence-electron chi connectivity index (χ3n) is 2.73. The van der Waals surface area contributed by atoms with E-state index in [4.69, 9.17) is 0 Å². The van der Waals surface area contributed by atoms with Crippen molar-refractivity contribution in [2.24, 2.45) is 0 Å². The Morgan fingerprint density at radius 3 is 2.95 bits per heavy atom. The number of nitrogens with one attached hydrogen (secondary N) is 2. The number of hydrogen-bond acceptors (Lipinski definition) is 5. The summed E-state index contributed by atoms with van der Waals surface area (Å²) in [6, 6.07) is 3.91. The number of rotatable bonds is 4. The first-order valence-corrected chi connectivity index (χ1v) is 6.25. The molecule has 2 rings (SSSR count). The van der Waals surface area contributed by atoms with Crippen LogP contribution in [0.3, 0.4) is 0 Å². The maximum absolute atomic E-state index is 11.9. The van der Waals surface area contributed by atoms with E-state index in [-0.39, 0.29) is 5.56 Å². The zero-order chi connectivity index (χ0) is 14.5. The molecule has 8 nitrogen and oxygen atoms in total. The summed E-state index contributed by atoms with van der Waals surface area (Å²) in [6.07, 6.45) is 1.81. The quantitative estimate of drug-likeness (QED) is 0.568. The monoisotopic (exact) mass is 277 g/mol. The lowest BCUT2D eigenvalue weighted by Gasteiger charge is -2.06. The highest BCUT2D eigenvalue weighted by Gasteiger charge is 2.12. The molecule has 0 atom stereocenters. The number of hydrogen-bond donors (Lipinski definition) is 3. The van der Waals surface area contributed by atoms with Crippen molar-refractivity contribution in [3.05, 3.63) is 23.8 Å². The van der Waals surface area contributed by atoms with Gasteiger partial charge in [0.15, 0.2) is 0 Å². The molecule has 1 aromatic carbocycles. The van der Waals surface area contributed by atoms with Crippen molar-refractivity contribution < 1.29 is 14.8 Å². The smallest absolute Gasteiger partial charge is 0.321 e. The van der Waals surface area contributed by atoms with Crippen LogP contribution in [0.25, 0.3) is 11.0 Å². The Bertz CT molecular complexity index is 637. The van der Waals surface area contributed by atoms with Gasteiger partial charge < -0.3 is 10.5 Å². The average molecular weight is 277 g/mol.